The largest absolute Gasteiger partial charge is 0.394 e. The van der Waals surface area contributed by atoms with Gasteiger partial charge in [-0.3, -0.25) is 4.79 Å². The van der Waals surface area contributed by atoms with E-state index in [1.807, 2.05) is 0 Å². The Morgan fingerprint density at radius 2 is 0.711 bits per heavy atom. The Kier molecular flexibility index (Phi) is 58.4. The number of rotatable bonds is 64. The fourth-order valence-corrected chi connectivity index (χ4v) is 11.9. The Morgan fingerprint density at radius 3 is 1.04 bits per heavy atom. The molecule has 0 bridgehead atoms. The number of carbonyl (C=O) groups is 1. The summed E-state index contributed by atoms with van der Waals surface area (Å²) >= 11 is 0. The predicted molar refractivity (Wildman–Crippen MR) is 349 cm³/mol. The van der Waals surface area contributed by atoms with Crippen LogP contribution in [0.25, 0.3) is 0 Å². The molecule has 0 aliphatic carbocycles. The summed E-state index contributed by atoms with van der Waals surface area (Å²) in [7, 11) is 0. The van der Waals surface area contributed by atoms with E-state index in [2.05, 4.69) is 43.5 Å². The van der Waals surface area contributed by atoms with Crippen molar-refractivity contribution in [1.29, 1.82) is 0 Å². The lowest BCUT2D eigenvalue weighted by Gasteiger charge is -2.40. The summed E-state index contributed by atoms with van der Waals surface area (Å²) in [4.78, 5) is 13.3. The van der Waals surface area contributed by atoms with Gasteiger partial charge in [-0.25, -0.2) is 0 Å². The van der Waals surface area contributed by atoms with E-state index in [1.165, 1.54) is 283 Å². The van der Waals surface area contributed by atoms with Gasteiger partial charge >= 0.3 is 0 Å². The smallest absolute Gasteiger partial charge is 0.249 e. The molecule has 0 saturated carbocycles. The average molecular weight is 1180 g/mol. The molecule has 0 aromatic carbocycles. The van der Waals surface area contributed by atoms with Crippen LogP contribution in [-0.2, 0) is 14.3 Å². The first-order valence-electron chi connectivity index (χ1n) is 36.2. The zero-order valence-electron chi connectivity index (χ0n) is 54.5. The van der Waals surface area contributed by atoms with Gasteiger partial charge in [0.25, 0.3) is 0 Å². The minimum Gasteiger partial charge on any atom is -0.394 e. The van der Waals surface area contributed by atoms with E-state index < -0.39 is 74.2 Å². The van der Waals surface area contributed by atoms with Crippen molar-refractivity contribution in [2.75, 3.05) is 13.2 Å². The quantitative estimate of drug-likeness (QED) is 0.0215. The number of aliphatic hydroxyl groups is 7. The maximum Gasteiger partial charge on any atom is 0.249 e. The first kappa shape index (κ1) is 79.6. The number of unbranched alkanes of at least 4 members (excludes halogenated alkanes) is 48. The van der Waals surface area contributed by atoms with Gasteiger partial charge in [-0.05, 0) is 64.2 Å². The molecule has 1 aliphatic heterocycles. The van der Waals surface area contributed by atoms with Crippen LogP contribution in [0.3, 0.4) is 0 Å². The maximum absolute atomic E-state index is 13.3. The van der Waals surface area contributed by atoms with Gasteiger partial charge in [0.15, 0.2) is 6.29 Å². The van der Waals surface area contributed by atoms with E-state index in [1.54, 1.807) is 0 Å². The molecule has 0 radical (unpaired) electrons. The summed E-state index contributed by atoms with van der Waals surface area (Å²) in [5, 5.41) is 76.5. The van der Waals surface area contributed by atoms with Gasteiger partial charge in [0.05, 0.1) is 25.4 Å². The fourth-order valence-electron chi connectivity index (χ4n) is 11.9. The number of carbonyl (C=O) groups excluding carboxylic acids is 1. The minimum absolute atomic E-state index is 0.255. The third kappa shape index (κ3) is 48.2. The van der Waals surface area contributed by atoms with Crippen molar-refractivity contribution in [2.45, 2.75) is 416 Å². The van der Waals surface area contributed by atoms with E-state index >= 15 is 0 Å². The molecule has 1 fully saturated rings. The summed E-state index contributed by atoms with van der Waals surface area (Å²) in [6.45, 7) is 3.50. The molecule has 492 valence electrons. The van der Waals surface area contributed by atoms with Crippen LogP contribution in [0.1, 0.15) is 361 Å². The van der Waals surface area contributed by atoms with Crippen LogP contribution < -0.4 is 5.32 Å². The lowest BCUT2D eigenvalue weighted by molar-refractivity contribution is -0.303. The molecule has 0 aromatic heterocycles. The highest BCUT2D eigenvalue weighted by molar-refractivity contribution is 5.80. The molecular weight excluding hydrogens is 1040 g/mol. The third-order valence-corrected chi connectivity index (χ3v) is 17.7. The Labute approximate surface area is 512 Å². The molecule has 11 nitrogen and oxygen atoms in total. The molecule has 1 saturated heterocycles. The van der Waals surface area contributed by atoms with Crippen molar-refractivity contribution in [3.8, 4) is 0 Å². The molecule has 1 amide bonds. The van der Waals surface area contributed by atoms with Gasteiger partial charge in [-0.2, -0.15) is 0 Å². The van der Waals surface area contributed by atoms with Crippen molar-refractivity contribution in [3.05, 3.63) is 24.3 Å². The van der Waals surface area contributed by atoms with Crippen molar-refractivity contribution in [3.63, 3.8) is 0 Å². The molecule has 1 heterocycles. The zero-order valence-corrected chi connectivity index (χ0v) is 54.5. The average Bonchev–Trinajstić information content (AvgIpc) is 3.68. The van der Waals surface area contributed by atoms with E-state index in [4.69, 9.17) is 9.47 Å². The van der Waals surface area contributed by atoms with E-state index in [9.17, 15) is 40.5 Å². The molecule has 9 unspecified atom stereocenters. The van der Waals surface area contributed by atoms with Crippen LogP contribution in [0.5, 0.6) is 0 Å². The molecular formula is C72H139NO10. The van der Waals surface area contributed by atoms with Crippen molar-refractivity contribution >= 4 is 5.91 Å². The first-order chi connectivity index (χ1) is 40.7. The van der Waals surface area contributed by atoms with E-state index in [-0.39, 0.29) is 12.8 Å². The summed E-state index contributed by atoms with van der Waals surface area (Å²) in [5.41, 5.74) is 0. The number of aliphatic hydroxyl groups excluding tert-OH is 7. The summed E-state index contributed by atoms with van der Waals surface area (Å²) in [5.74, 6) is -0.701. The monoisotopic (exact) mass is 1180 g/mol. The Morgan fingerprint density at radius 1 is 0.410 bits per heavy atom. The Hall–Kier alpha value is -1.41. The molecule has 0 spiro atoms. The number of nitrogens with one attached hydrogen (secondary N) is 1. The Balaban J connectivity index is 2.20. The third-order valence-electron chi connectivity index (χ3n) is 17.7. The molecule has 11 heteroatoms. The van der Waals surface area contributed by atoms with E-state index in [0.29, 0.717) is 12.8 Å². The Bertz CT molecular complexity index is 1400. The van der Waals surface area contributed by atoms with Gasteiger partial charge in [-0.15, -0.1) is 0 Å². The molecule has 1 aliphatic rings. The van der Waals surface area contributed by atoms with Gasteiger partial charge in [0.2, 0.25) is 5.91 Å². The highest BCUT2D eigenvalue weighted by Gasteiger charge is 2.44. The van der Waals surface area contributed by atoms with Crippen LogP contribution >= 0.6 is 0 Å². The molecule has 0 aromatic rings. The van der Waals surface area contributed by atoms with Crippen LogP contribution in [-0.4, -0.2) is 110 Å². The topological polar surface area (TPSA) is 189 Å². The second-order valence-corrected chi connectivity index (χ2v) is 25.7. The first-order valence-corrected chi connectivity index (χ1v) is 36.2. The highest BCUT2D eigenvalue weighted by atomic mass is 16.7. The van der Waals surface area contributed by atoms with Crippen LogP contribution in [0.15, 0.2) is 24.3 Å². The fraction of sp³-hybridized carbons (Fsp3) is 0.931. The SMILES string of the molecule is CCCCCCCCCCCCCC/C=C\CCCCCCCCCCCCC(O)C(=O)NC(COC1OC(CO)C(O)C(O)C1O)C(O)C(O)CCC/C=C/CCCCCCCCCCCCCCCCCCCCCCCCCCC. The number of ether oxygens (including phenoxy) is 2. The molecule has 1 rings (SSSR count). The second-order valence-electron chi connectivity index (χ2n) is 25.7. The number of allylic oxidation sites excluding steroid dienone is 4. The molecule has 9 atom stereocenters. The second kappa shape index (κ2) is 60.9. The molecule has 83 heavy (non-hydrogen) atoms. The lowest BCUT2D eigenvalue weighted by Crippen LogP contribution is -2.60. The van der Waals surface area contributed by atoms with Gasteiger partial charge in [0, 0.05) is 0 Å². The number of amides is 1. The number of hydrogen-bond donors (Lipinski definition) is 8. The van der Waals surface area contributed by atoms with Crippen LogP contribution in [0.2, 0.25) is 0 Å². The zero-order chi connectivity index (χ0) is 60.3. The molecule has 8 N–H and O–H groups in total. The standard InChI is InChI=1S/C72H139NO10/c1-3-5-7-9-11-13-15-17-19-21-23-25-27-29-31-32-33-34-36-37-39-41-43-45-47-49-51-53-55-57-59-64(75)67(77)63(62-82-72-70(80)69(79)68(78)66(61-74)83-72)73-71(81)65(76)60-58-56-54-52-50-48-46-44-42-40-38-35-30-28-26-24-22-20-18-16-14-12-10-8-6-4-2/h30,35,51,53,63-70,72,74-80H,3-29,31-34,36-50,52,54-62H2,1-2H3,(H,73,81)/b35-30-,53-51+. The van der Waals surface area contributed by atoms with Crippen molar-refractivity contribution < 1.29 is 50.0 Å². The normalized spacial score (nSPS) is 19.1. The van der Waals surface area contributed by atoms with E-state index in [0.717, 1.165) is 38.5 Å². The summed E-state index contributed by atoms with van der Waals surface area (Å²) < 4.78 is 11.2. The predicted octanol–water partition coefficient (Wildman–Crippen LogP) is 17.6. The van der Waals surface area contributed by atoms with Gasteiger partial charge in [-0.1, -0.05) is 321 Å². The van der Waals surface area contributed by atoms with Crippen LogP contribution in [0, 0.1) is 0 Å². The summed E-state index contributed by atoms with van der Waals surface area (Å²) in [6.07, 6.45) is 65.6. The minimum atomic E-state index is -1.67. The highest BCUT2D eigenvalue weighted by Crippen LogP contribution is 2.24. The van der Waals surface area contributed by atoms with Crippen molar-refractivity contribution in [2.24, 2.45) is 0 Å². The maximum atomic E-state index is 13.3. The van der Waals surface area contributed by atoms with Gasteiger partial charge < -0.3 is 50.5 Å². The van der Waals surface area contributed by atoms with Gasteiger partial charge in [0.1, 0.15) is 36.6 Å². The van der Waals surface area contributed by atoms with Crippen molar-refractivity contribution in [1.82, 2.24) is 5.32 Å². The lowest BCUT2D eigenvalue weighted by atomic mass is 9.98. The summed E-state index contributed by atoms with van der Waals surface area (Å²) in [6, 6.07) is -1.19. The van der Waals surface area contributed by atoms with Crippen LogP contribution in [0.4, 0.5) is 0 Å². The number of hydrogen-bond acceptors (Lipinski definition) is 10.